The molecule has 0 aliphatic rings. The van der Waals surface area contributed by atoms with E-state index in [1.807, 2.05) is 114 Å². The highest BCUT2D eigenvalue weighted by Gasteiger charge is 2.44. The summed E-state index contributed by atoms with van der Waals surface area (Å²) in [5, 5.41) is 1.83. The van der Waals surface area contributed by atoms with E-state index in [4.69, 9.17) is 36.5 Å². The lowest BCUT2D eigenvalue weighted by Gasteiger charge is -2.29. The smallest absolute Gasteiger partial charge is 0.370 e. The largest absolute Gasteiger partial charge is 0.537 e. The van der Waals surface area contributed by atoms with Gasteiger partial charge in [-0.05, 0) is 53.7 Å². The number of hydrogen-bond donors (Lipinski definition) is 0. The molecule has 0 saturated carbocycles. The van der Waals surface area contributed by atoms with Crippen molar-refractivity contribution < 1.29 is 26.6 Å². The normalized spacial score (nSPS) is 12.2. The van der Waals surface area contributed by atoms with E-state index in [0.29, 0.717) is 39.6 Å². The summed E-state index contributed by atoms with van der Waals surface area (Å²) >= 11 is 0. The van der Waals surface area contributed by atoms with Crippen LogP contribution >= 0.6 is 0 Å². The molecule has 0 atom stereocenters. The van der Waals surface area contributed by atoms with Gasteiger partial charge in [0.2, 0.25) is 0 Å². The molecule has 224 valence electrons. The molecule has 0 unspecified atom stereocenters. The van der Waals surface area contributed by atoms with Crippen LogP contribution in [0.1, 0.15) is 41.5 Å². The van der Waals surface area contributed by atoms with E-state index in [-0.39, 0.29) is 0 Å². The zero-order valence-corrected chi connectivity index (χ0v) is 27.5. The van der Waals surface area contributed by atoms with Gasteiger partial charge in [-0.1, -0.05) is 60.7 Å². The molecule has 0 N–H and O–H groups in total. The van der Waals surface area contributed by atoms with Crippen LogP contribution in [0.3, 0.4) is 0 Å². The molecule has 42 heavy (non-hydrogen) atoms. The van der Waals surface area contributed by atoms with E-state index in [9.17, 15) is 0 Å². The zero-order chi connectivity index (χ0) is 30.0. The van der Waals surface area contributed by atoms with Crippen LogP contribution in [0.25, 0.3) is 33.5 Å². The van der Waals surface area contributed by atoms with Gasteiger partial charge in [-0.2, -0.15) is 0 Å². The zero-order valence-electron chi connectivity index (χ0n) is 25.5. The van der Waals surface area contributed by atoms with Gasteiger partial charge in [0.05, 0.1) is 22.4 Å². The topological polar surface area (TPSA) is 81.2 Å². The Hall–Kier alpha value is -2.81. The van der Waals surface area contributed by atoms with Gasteiger partial charge in [0.1, 0.15) is 0 Å². The summed E-state index contributed by atoms with van der Waals surface area (Å²) in [6, 6.07) is 24.2. The van der Waals surface area contributed by atoms with Crippen molar-refractivity contribution in [3.05, 3.63) is 72.8 Å². The average Bonchev–Trinajstić information content (AvgIpc) is 3.01. The lowest BCUT2D eigenvalue weighted by molar-refractivity contribution is 0.0851. The molecule has 0 radical (unpaired) electrons. The Morgan fingerprint density at radius 1 is 0.429 bits per heavy atom. The van der Waals surface area contributed by atoms with Crippen molar-refractivity contribution >= 4 is 39.0 Å². The Kier molecular flexibility index (Phi) is 11.5. The number of benzene rings is 3. The van der Waals surface area contributed by atoms with Crippen molar-refractivity contribution in [2.45, 2.75) is 41.5 Å². The summed E-state index contributed by atoms with van der Waals surface area (Å²) in [5.74, 6) is 0. The van der Waals surface area contributed by atoms with Gasteiger partial charge in [0.15, 0.2) is 0 Å². The summed E-state index contributed by atoms with van der Waals surface area (Å²) in [4.78, 5) is 10.1. The quantitative estimate of drug-likeness (QED) is 0.155. The summed E-state index contributed by atoms with van der Waals surface area (Å²) in [7, 11) is -6.06. The second-order valence-corrected chi connectivity index (χ2v) is 14.4. The highest BCUT2D eigenvalue weighted by Crippen LogP contribution is 2.31. The number of para-hydroxylation sites is 2. The molecule has 0 fully saturated rings. The first-order chi connectivity index (χ1) is 20.5. The van der Waals surface area contributed by atoms with Gasteiger partial charge >= 0.3 is 17.6 Å². The minimum Gasteiger partial charge on any atom is -0.370 e. The molecule has 0 amide bonds. The van der Waals surface area contributed by atoms with Crippen molar-refractivity contribution in [1.29, 1.82) is 0 Å². The van der Waals surface area contributed by atoms with Crippen LogP contribution in [0.15, 0.2) is 72.8 Å². The Balaban J connectivity index is 1.80. The lowest BCUT2D eigenvalue weighted by Crippen LogP contribution is -2.56. The van der Waals surface area contributed by atoms with Crippen molar-refractivity contribution in [3.8, 4) is 22.5 Å². The van der Waals surface area contributed by atoms with Gasteiger partial charge in [0, 0.05) is 61.1 Å². The third kappa shape index (κ3) is 6.87. The molecular formula is C32H42N2O6Si2. The van der Waals surface area contributed by atoms with E-state index < -0.39 is 17.6 Å². The van der Waals surface area contributed by atoms with Gasteiger partial charge in [-0.3, -0.25) is 0 Å². The molecule has 1 heterocycles. The summed E-state index contributed by atoms with van der Waals surface area (Å²) in [5.41, 5.74) is 5.10. The maximum atomic E-state index is 6.12. The van der Waals surface area contributed by atoms with Crippen LogP contribution in [0, 0.1) is 0 Å². The Morgan fingerprint density at radius 3 is 0.976 bits per heavy atom. The van der Waals surface area contributed by atoms with E-state index in [1.165, 1.54) is 0 Å². The van der Waals surface area contributed by atoms with Gasteiger partial charge in [0.25, 0.3) is 0 Å². The molecule has 0 saturated heterocycles. The number of rotatable bonds is 16. The fraction of sp³-hybridized carbons (Fsp3) is 0.375. The molecule has 10 heteroatoms. The van der Waals surface area contributed by atoms with E-state index in [2.05, 4.69) is 0 Å². The van der Waals surface area contributed by atoms with Gasteiger partial charge in [-0.25, -0.2) is 9.97 Å². The van der Waals surface area contributed by atoms with Crippen LogP contribution in [-0.2, 0) is 26.6 Å². The molecule has 4 aromatic rings. The highest BCUT2D eigenvalue weighted by molar-refractivity contribution is 6.75. The number of nitrogens with zero attached hydrogens (tertiary/aromatic N) is 2. The molecular weight excluding hydrogens is 565 g/mol. The van der Waals surface area contributed by atoms with Crippen molar-refractivity contribution in [2.75, 3.05) is 39.6 Å². The van der Waals surface area contributed by atoms with E-state index >= 15 is 0 Å². The molecule has 4 rings (SSSR count). The Labute approximate surface area is 251 Å². The molecule has 3 aromatic carbocycles. The molecule has 0 bridgehead atoms. The van der Waals surface area contributed by atoms with E-state index in [1.54, 1.807) is 0 Å². The predicted molar refractivity (Wildman–Crippen MR) is 171 cm³/mol. The fourth-order valence-corrected chi connectivity index (χ4v) is 9.89. The van der Waals surface area contributed by atoms with Crippen molar-refractivity contribution in [2.24, 2.45) is 0 Å². The standard InChI is InChI=1S/C32H42N2O6Si2/c1-7-35-41(36-8-2,37-9-3)27-21-17-25(18-22-27)31-32(34-30-16-14-13-15-29(30)33-31)26-19-23-28(24-20-26)42(38-10-4,39-11-5)40-12-6/h13-24H,7-12H2,1-6H3. The third-order valence-electron chi connectivity index (χ3n) is 6.60. The predicted octanol–water partition coefficient (Wildman–Crippen LogP) is 5.47. The van der Waals surface area contributed by atoms with Crippen LogP contribution in [0.5, 0.6) is 0 Å². The Bertz CT molecular complexity index is 1280. The van der Waals surface area contributed by atoms with E-state index in [0.717, 1.165) is 43.9 Å². The molecule has 8 nitrogen and oxygen atoms in total. The number of aromatic nitrogens is 2. The fourth-order valence-electron chi connectivity index (χ4n) is 4.96. The summed E-state index contributed by atoms with van der Waals surface area (Å²) < 4.78 is 36.7. The molecule has 0 spiro atoms. The minimum atomic E-state index is -3.03. The second-order valence-electron chi connectivity index (χ2n) is 9.27. The van der Waals surface area contributed by atoms with Gasteiger partial charge < -0.3 is 26.6 Å². The van der Waals surface area contributed by atoms with Crippen LogP contribution in [0.4, 0.5) is 0 Å². The first-order valence-corrected chi connectivity index (χ1v) is 18.3. The SMILES string of the molecule is CCO[Si](OCC)(OCC)c1ccc(-c2nc3ccccc3nc2-c2ccc([Si](OCC)(OCC)OCC)cc2)cc1. The molecule has 1 aromatic heterocycles. The van der Waals surface area contributed by atoms with Crippen molar-refractivity contribution in [1.82, 2.24) is 9.97 Å². The lowest BCUT2D eigenvalue weighted by atomic mass is 10.0. The number of hydrogen-bond acceptors (Lipinski definition) is 8. The molecule has 0 aliphatic heterocycles. The summed E-state index contributed by atoms with van der Waals surface area (Å²) in [6.45, 7) is 14.8. The summed E-state index contributed by atoms with van der Waals surface area (Å²) in [6.07, 6.45) is 0. The maximum absolute atomic E-state index is 6.12. The second kappa shape index (κ2) is 15.1. The third-order valence-corrected chi connectivity index (χ3v) is 12.7. The monoisotopic (exact) mass is 606 g/mol. The van der Waals surface area contributed by atoms with Gasteiger partial charge in [-0.15, -0.1) is 0 Å². The van der Waals surface area contributed by atoms with Crippen LogP contribution in [-0.4, -0.2) is 67.2 Å². The number of fused-ring (bicyclic) bond motifs is 1. The van der Waals surface area contributed by atoms with Crippen molar-refractivity contribution in [3.63, 3.8) is 0 Å². The first kappa shape index (κ1) is 32.1. The Morgan fingerprint density at radius 2 is 0.714 bits per heavy atom. The van der Waals surface area contributed by atoms with Crippen LogP contribution in [0.2, 0.25) is 0 Å². The molecule has 0 aliphatic carbocycles. The maximum Gasteiger partial charge on any atom is 0.537 e. The van der Waals surface area contributed by atoms with Crippen LogP contribution < -0.4 is 10.4 Å². The first-order valence-electron chi connectivity index (χ1n) is 14.8. The highest BCUT2D eigenvalue weighted by atomic mass is 28.4. The minimum absolute atomic E-state index is 0.504. The average molecular weight is 607 g/mol.